The SMILES string of the molecule is CCN=C=NC(=O)[C@H]1NCCC1N(C)C. The topological polar surface area (TPSA) is 57.1 Å². The number of aliphatic imine (C=N–C) groups is 2. The summed E-state index contributed by atoms with van der Waals surface area (Å²) >= 11 is 0. The van der Waals surface area contributed by atoms with Gasteiger partial charge < -0.3 is 10.2 Å². The average molecular weight is 210 g/mol. The van der Waals surface area contributed by atoms with E-state index in [1.165, 1.54) is 0 Å². The van der Waals surface area contributed by atoms with Crippen LogP contribution in [0.3, 0.4) is 0 Å². The van der Waals surface area contributed by atoms with E-state index in [0.29, 0.717) is 6.54 Å². The summed E-state index contributed by atoms with van der Waals surface area (Å²) in [7, 11) is 3.95. The predicted octanol–water partition coefficient (Wildman–Crippen LogP) is -0.00110. The van der Waals surface area contributed by atoms with Crippen molar-refractivity contribution in [2.75, 3.05) is 27.2 Å². The maximum atomic E-state index is 11.7. The van der Waals surface area contributed by atoms with Crippen molar-refractivity contribution < 1.29 is 4.79 Å². The molecule has 0 aliphatic carbocycles. The molecule has 0 spiro atoms. The molecule has 0 aromatic carbocycles. The second-order valence-electron chi connectivity index (χ2n) is 3.78. The molecule has 1 aliphatic rings. The summed E-state index contributed by atoms with van der Waals surface area (Å²) in [5, 5.41) is 3.15. The van der Waals surface area contributed by atoms with Crippen LogP contribution in [-0.4, -0.2) is 56.1 Å². The zero-order valence-corrected chi connectivity index (χ0v) is 9.53. The highest BCUT2D eigenvalue weighted by molar-refractivity contribution is 5.87. The van der Waals surface area contributed by atoms with Gasteiger partial charge in [0.25, 0.3) is 5.91 Å². The third kappa shape index (κ3) is 3.23. The van der Waals surface area contributed by atoms with E-state index in [4.69, 9.17) is 0 Å². The summed E-state index contributed by atoms with van der Waals surface area (Å²) in [6.07, 6.45) is 0.976. The van der Waals surface area contributed by atoms with E-state index in [9.17, 15) is 4.79 Å². The number of nitrogens with one attached hydrogen (secondary N) is 1. The van der Waals surface area contributed by atoms with Crippen molar-refractivity contribution in [1.82, 2.24) is 10.2 Å². The van der Waals surface area contributed by atoms with E-state index in [1.54, 1.807) is 0 Å². The first kappa shape index (κ1) is 12.0. The number of carbonyl (C=O) groups is 1. The van der Waals surface area contributed by atoms with Crippen LogP contribution >= 0.6 is 0 Å². The Morgan fingerprint density at radius 2 is 2.33 bits per heavy atom. The third-order valence-electron chi connectivity index (χ3n) is 2.51. The van der Waals surface area contributed by atoms with Crippen molar-refractivity contribution in [3.8, 4) is 0 Å². The molecular formula is C10H18N4O. The van der Waals surface area contributed by atoms with Crippen molar-refractivity contribution in [2.24, 2.45) is 9.98 Å². The first-order chi connectivity index (χ1) is 7.16. The molecule has 1 fully saturated rings. The lowest BCUT2D eigenvalue weighted by Gasteiger charge is -2.22. The summed E-state index contributed by atoms with van der Waals surface area (Å²) in [5.41, 5.74) is 0. The highest BCUT2D eigenvalue weighted by Gasteiger charge is 2.33. The summed E-state index contributed by atoms with van der Waals surface area (Å²) in [5.74, 6) is -0.177. The minimum atomic E-state index is -0.209. The Morgan fingerprint density at radius 1 is 1.60 bits per heavy atom. The number of likely N-dealkylation sites (N-methyl/N-ethyl adjacent to an activating group) is 1. The van der Waals surface area contributed by atoms with Gasteiger partial charge in [0.1, 0.15) is 6.04 Å². The summed E-state index contributed by atoms with van der Waals surface area (Å²) in [6, 6.07) is 2.43. The van der Waals surface area contributed by atoms with E-state index in [2.05, 4.69) is 26.2 Å². The zero-order valence-electron chi connectivity index (χ0n) is 9.53. The first-order valence-corrected chi connectivity index (χ1v) is 5.22. The Morgan fingerprint density at radius 3 is 2.93 bits per heavy atom. The van der Waals surface area contributed by atoms with Gasteiger partial charge in [-0.15, -0.1) is 4.99 Å². The molecule has 0 bridgehead atoms. The molecule has 1 aliphatic heterocycles. The van der Waals surface area contributed by atoms with Crippen LogP contribution in [0, 0.1) is 0 Å². The maximum absolute atomic E-state index is 11.7. The zero-order chi connectivity index (χ0) is 11.3. The smallest absolute Gasteiger partial charge is 0.273 e. The van der Waals surface area contributed by atoms with Crippen LogP contribution in [0.5, 0.6) is 0 Å². The van der Waals surface area contributed by atoms with Gasteiger partial charge in [-0.2, -0.15) is 0 Å². The molecule has 84 valence electrons. The van der Waals surface area contributed by atoms with Gasteiger partial charge in [0.05, 0.1) is 6.01 Å². The van der Waals surface area contributed by atoms with Crippen LogP contribution in [-0.2, 0) is 4.79 Å². The van der Waals surface area contributed by atoms with Gasteiger partial charge in [0, 0.05) is 12.6 Å². The quantitative estimate of drug-likeness (QED) is 0.667. The molecule has 0 radical (unpaired) electrons. The molecule has 1 N–H and O–H groups in total. The van der Waals surface area contributed by atoms with Gasteiger partial charge in [-0.25, -0.2) is 4.99 Å². The third-order valence-corrected chi connectivity index (χ3v) is 2.51. The second kappa shape index (κ2) is 5.75. The number of hydrogen-bond donors (Lipinski definition) is 1. The molecule has 5 nitrogen and oxygen atoms in total. The molecule has 1 saturated heterocycles. The number of nitrogens with zero attached hydrogens (tertiary/aromatic N) is 3. The Labute approximate surface area is 90.3 Å². The molecule has 1 rings (SSSR count). The lowest BCUT2D eigenvalue weighted by Crippen LogP contribution is -2.44. The van der Waals surface area contributed by atoms with Gasteiger partial charge >= 0.3 is 0 Å². The number of rotatable bonds is 3. The van der Waals surface area contributed by atoms with Crippen LogP contribution in [0.15, 0.2) is 9.98 Å². The average Bonchev–Trinajstić information content (AvgIpc) is 2.66. The van der Waals surface area contributed by atoms with Gasteiger partial charge in [-0.1, -0.05) is 0 Å². The number of hydrogen-bond acceptors (Lipinski definition) is 4. The summed E-state index contributed by atoms with van der Waals surface area (Å²) in [6.45, 7) is 3.34. The lowest BCUT2D eigenvalue weighted by molar-refractivity contribution is -0.120. The van der Waals surface area contributed by atoms with Crippen LogP contribution in [0.1, 0.15) is 13.3 Å². The first-order valence-electron chi connectivity index (χ1n) is 5.22. The van der Waals surface area contributed by atoms with Crippen LogP contribution in [0.4, 0.5) is 0 Å². The van der Waals surface area contributed by atoms with Crippen molar-refractivity contribution in [3.05, 3.63) is 0 Å². The second-order valence-corrected chi connectivity index (χ2v) is 3.78. The lowest BCUT2D eigenvalue weighted by atomic mass is 10.1. The molecule has 0 saturated carbocycles. The minimum absolute atomic E-state index is 0.177. The van der Waals surface area contributed by atoms with Crippen LogP contribution in [0.25, 0.3) is 0 Å². The Balaban J connectivity index is 2.62. The Bertz CT molecular complexity index is 281. The van der Waals surface area contributed by atoms with Crippen molar-refractivity contribution >= 4 is 11.9 Å². The highest BCUT2D eigenvalue weighted by Crippen LogP contribution is 2.12. The fraction of sp³-hybridized carbons (Fsp3) is 0.800. The van der Waals surface area contributed by atoms with Crippen LogP contribution < -0.4 is 5.32 Å². The highest BCUT2D eigenvalue weighted by atomic mass is 16.1. The molecule has 0 aromatic rings. The fourth-order valence-corrected chi connectivity index (χ4v) is 1.72. The molecule has 1 amide bonds. The van der Waals surface area contributed by atoms with Crippen LogP contribution in [0.2, 0.25) is 0 Å². The normalized spacial score (nSPS) is 25.1. The molecule has 0 aromatic heterocycles. The Hall–Kier alpha value is -1.03. The molecular weight excluding hydrogens is 192 g/mol. The monoisotopic (exact) mass is 210 g/mol. The fourth-order valence-electron chi connectivity index (χ4n) is 1.72. The van der Waals surface area contributed by atoms with Crippen molar-refractivity contribution in [2.45, 2.75) is 25.4 Å². The summed E-state index contributed by atoms with van der Waals surface area (Å²) in [4.78, 5) is 21.2. The number of carbonyl (C=O) groups excluding carboxylic acids is 1. The van der Waals surface area contributed by atoms with Gasteiger partial charge in [-0.3, -0.25) is 4.79 Å². The van der Waals surface area contributed by atoms with E-state index in [0.717, 1.165) is 13.0 Å². The van der Waals surface area contributed by atoms with E-state index in [1.807, 2.05) is 21.0 Å². The maximum Gasteiger partial charge on any atom is 0.273 e. The molecule has 1 unspecified atom stereocenters. The standard InChI is InChI=1S/C10H18N4O/c1-4-11-7-13-10(15)9-8(14(2)3)5-6-12-9/h8-9,12H,4-6H2,1-3H3/t8?,9-/m0/s1. The van der Waals surface area contributed by atoms with Crippen molar-refractivity contribution in [3.63, 3.8) is 0 Å². The summed E-state index contributed by atoms with van der Waals surface area (Å²) < 4.78 is 0. The Kier molecular flexibility index (Phi) is 4.62. The number of amides is 1. The molecule has 5 heteroatoms. The molecule has 2 atom stereocenters. The van der Waals surface area contributed by atoms with E-state index >= 15 is 0 Å². The van der Waals surface area contributed by atoms with Crippen molar-refractivity contribution in [1.29, 1.82) is 0 Å². The van der Waals surface area contributed by atoms with E-state index in [-0.39, 0.29) is 18.0 Å². The van der Waals surface area contributed by atoms with Gasteiger partial charge in [-0.05, 0) is 34.0 Å². The predicted molar refractivity (Wildman–Crippen MR) is 59.3 cm³/mol. The molecule has 1 heterocycles. The molecule has 15 heavy (non-hydrogen) atoms. The van der Waals surface area contributed by atoms with Gasteiger partial charge in [0.2, 0.25) is 0 Å². The van der Waals surface area contributed by atoms with E-state index < -0.39 is 0 Å². The minimum Gasteiger partial charge on any atom is -0.304 e. The largest absolute Gasteiger partial charge is 0.304 e. The van der Waals surface area contributed by atoms with Gasteiger partial charge in [0.15, 0.2) is 0 Å².